The van der Waals surface area contributed by atoms with Crippen LogP contribution in [0.15, 0.2) is 16.5 Å². The molecule has 2 amide bonds. The third-order valence-electron chi connectivity index (χ3n) is 4.24. The van der Waals surface area contributed by atoms with Gasteiger partial charge in [-0.15, -0.1) is 0 Å². The number of carboxylic acids is 1. The van der Waals surface area contributed by atoms with Crippen LogP contribution >= 0.6 is 0 Å². The molecule has 1 fully saturated rings. The lowest BCUT2D eigenvalue weighted by Gasteiger charge is -2.42. The van der Waals surface area contributed by atoms with Crippen molar-refractivity contribution < 1.29 is 19.1 Å². The van der Waals surface area contributed by atoms with Gasteiger partial charge in [-0.2, -0.15) is 0 Å². The minimum atomic E-state index is -0.812. The summed E-state index contributed by atoms with van der Waals surface area (Å²) in [5.41, 5.74) is 0. The van der Waals surface area contributed by atoms with Gasteiger partial charge in [0.15, 0.2) is 0 Å². The number of hydrogen-bond acceptors (Lipinski definition) is 4. The van der Waals surface area contributed by atoms with Crippen molar-refractivity contribution in [1.29, 1.82) is 0 Å². The van der Waals surface area contributed by atoms with Gasteiger partial charge in [-0.3, -0.25) is 9.69 Å². The summed E-state index contributed by atoms with van der Waals surface area (Å²) in [7, 11) is 1.73. The Balaban J connectivity index is 1.73. The molecule has 0 unspecified atom stereocenters. The van der Waals surface area contributed by atoms with Crippen molar-refractivity contribution in [3.63, 3.8) is 0 Å². The molecule has 2 rings (SSSR count). The maximum atomic E-state index is 12.1. The monoisotopic (exact) mass is 323 g/mol. The Kier molecular flexibility index (Phi) is 5.65. The molecule has 0 aliphatic heterocycles. The Bertz CT molecular complexity index is 551. The molecule has 7 heteroatoms. The van der Waals surface area contributed by atoms with Crippen molar-refractivity contribution >= 4 is 12.0 Å². The molecule has 0 radical (unpaired) electrons. The zero-order valence-electron chi connectivity index (χ0n) is 13.9. The quantitative estimate of drug-likeness (QED) is 0.797. The largest absolute Gasteiger partial charge is 0.480 e. The summed E-state index contributed by atoms with van der Waals surface area (Å²) in [6.07, 6.45) is 1.58. The fourth-order valence-corrected chi connectivity index (χ4v) is 2.84. The van der Waals surface area contributed by atoms with E-state index in [1.54, 1.807) is 11.9 Å². The van der Waals surface area contributed by atoms with Crippen molar-refractivity contribution in [2.24, 2.45) is 0 Å². The van der Waals surface area contributed by atoms with Crippen LogP contribution in [0.2, 0.25) is 0 Å². The van der Waals surface area contributed by atoms with Gasteiger partial charge in [0.1, 0.15) is 11.5 Å². The first kappa shape index (κ1) is 17.3. The summed E-state index contributed by atoms with van der Waals surface area (Å²) < 4.78 is 5.47. The Morgan fingerprint density at radius 3 is 2.61 bits per heavy atom. The molecular formula is C16H25N3O4. The van der Waals surface area contributed by atoms with Crippen LogP contribution in [-0.2, 0) is 11.3 Å². The first-order valence-corrected chi connectivity index (χ1v) is 7.91. The maximum Gasteiger partial charge on any atom is 0.317 e. The zero-order chi connectivity index (χ0) is 17.0. The molecule has 1 aromatic heterocycles. The second kappa shape index (κ2) is 7.50. The summed E-state index contributed by atoms with van der Waals surface area (Å²) in [4.78, 5) is 26.5. The summed E-state index contributed by atoms with van der Waals surface area (Å²) in [5.74, 6) is 0.770. The number of carbonyl (C=O) groups is 2. The van der Waals surface area contributed by atoms with Gasteiger partial charge in [-0.1, -0.05) is 6.92 Å². The molecular weight excluding hydrogens is 298 g/mol. The SMILES string of the molecule is CCN(CC(=O)O)C1CC(NC(=O)N(C)Cc2ccc(C)o2)C1. The fraction of sp³-hybridized carbons (Fsp3) is 0.625. The fourth-order valence-electron chi connectivity index (χ4n) is 2.84. The number of nitrogens with zero attached hydrogens (tertiary/aromatic N) is 2. The van der Waals surface area contributed by atoms with Gasteiger partial charge >= 0.3 is 12.0 Å². The normalized spacial score (nSPS) is 20.2. The van der Waals surface area contributed by atoms with Crippen LogP contribution in [0.5, 0.6) is 0 Å². The van der Waals surface area contributed by atoms with Crippen LogP contribution in [0.1, 0.15) is 31.3 Å². The molecule has 0 bridgehead atoms. The number of aliphatic carboxylic acids is 1. The number of carbonyl (C=O) groups excluding carboxylic acids is 1. The van der Waals surface area contributed by atoms with Crippen molar-refractivity contribution in [3.05, 3.63) is 23.7 Å². The number of rotatable bonds is 7. The highest BCUT2D eigenvalue weighted by atomic mass is 16.4. The van der Waals surface area contributed by atoms with Crippen LogP contribution in [0, 0.1) is 6.92 Å². The van der Waals surface area contributed by atoms with E-state index in [-0.39, 0.29) is 24.7 Å². The van der Waals surface area contributed by atoms with Crippen molar-refractivity contribution in [2.75, 3.05) is 20.1 Å². The van der Waals surface area contributed by atoms with Gasteiger partial charge in [0.25, 0.3) is 0 Å². The highest BCUT2D eigenvalue weighted by Crippen LogP contribution is 2.25. The smallest absolute Gasteiger partial charge is 0.317 e. The molecule has 1 saturated carbocycles. The minimum absolute atomic E-state index is 0.0551. The third kappa shape index (κ3) is 4.72. The van der Waals surface area contributed by atoms with E-state index in [9.17, 15) is 9.59 Å². The summed E-state index contributed by atoms with van der Waals surface area (Å²) >= 11 is 0. The van der Waals surface area contributed by atoms with Gasteiger partial charge in [0, 0.05) is 19.1 Å². The predicted octanol–water partition coefficient (Wildman–Crippen LogP) is 1.67. The average molecular weight is 323 g/mol. The number of nitrogens with one attached hydrogen (secondary N) is 1. The van der Waals surface area contributed by atoms with E-state index in [1.807, 2.05) is 30.9 Å². The van der Waals surface area contributed by atoms with Gasteiger partial charge < -0.3 is 19.7 Å². The highest BCUT2D eigenvalue weighted by Gasteiger charge is 2.35. The zero-order valence-corrected chi connectivity index (χ0v) is 13.9. The van der Waals surface area contributed by atoms with Crippen LogP contribution in [0.4, 0.5) is 4.79 Å². The lowest BCUT2D eigenvalue weighted by molar-refractivity contribution is -0.139. The molecule has 0 spiro atoms. The summed E-state index contributed by atoms with van der Waals surface area (Å²) in [6.45, 7) is 5.01. The lowest BCUT2D eigenvalue weighted by atomic mass is 9.85. The Morgan fingerprint density at radius 2 is 2.09 bits per heavy atom. The molecule has 128 valence electrons. The molecule has 23 heavy (non-hydrogen) atoms. The predicted molar refractivity (Wildman–Crippen MR) is 85.1 cm³/mol. The summed E-state index contributed by atoms with van der Waals surface area (Å²) in [5, 5.41) is 11.9. The molecule has 1 aliphatic carbocycles. The number of furan rings is 1. The number of urea groups is 1. The third-order valence-corrected chi connectivity index (χ3v) is 4.24. The second-order valence-electron chi connectivity index (χ2n) is 6.10. The number of carboxylic acid groups (broad SMARTS) is 1. The average Bonchev–Trinajstić information content (AvgIpc) is 2.84. The van der Waals surface area contributed by atoms with Gasteiger partial charge in [-0.05, 0) is 38.4 Å². The lowest BCUT2D eigenvalue weighted by Crippen LogP contribution is -2.56. The number of hydrogen-bond donors (Lipinski definition) is 2. The van der Waals surface area contributed by atoms with E-state index in [0.29, 0.717) is 13.1 Å². The minimum Gasteiger partial charge on any atom is -0.480 e. The van der Waals surface area contributed by atoms with Crippen LogP contribution in [0.3, 0.4) is 0 Å². The molecule has 0 aromatic carbocycles. The first-order valence-electron chi connectivity index (χ1n) is 7.91. The Morgan fingerprint density at radius 1 is 1.39 bits per heavy atom. The molecule has 2 N–H and O–H groups in total. The van der Waals surface area contributed by atoms with Gasteiger partial charge in [-0.25, -0.2) is 4.79 Å². The maximum absolute atomic E-state index is 12.1. The first-order chi connectivity index (χ1) is 10.9. The standard InChI is InChI=1S/C16H25N3O4/c1-4-19(10-15(20)21)13-7-12(8-13)17-16(22)18(3)9-14-6-5-11(2)23-14/h5-6,12-13H,4,7-10H2,1-3H3,(H,17,22)(H,20,21). The van der Waals surface area contributed by atoms with Crippen molar-refractivity contribution in [1.82, 2.24) is 15.1 Å². The Labute approximate surface area is 136 Å². The van der Waals surface area contributed by atoms with E-state index in [0.717, 1.165) is 24.4 Å². The number of amides is 2. The molecule has 1 aromatic rings. The topological polar surface area (TPSA) is 86.0 Å². The second-order valence-corrected chi connectivity index (χ2v) is 6.10. The van der Waals surface area contributed by atoms with Crippen LogP contribution in [0.25, 0.3) is 0 Å². The van der Waals surface area contributed by atoms with Gasteiger partial charge in [0.05, 0.1) is 13.1 Å². The van der Waals surface area contributed by atoms with E-state index in [2.05, 4.69) is 5.32 Å². The van der Waals surface area contributed by atoms with E-state index >= 15 is 0 Å². The number of likely N-dealkylation sites (N-methyl/N-ethyl adjacent to an activating group) is 1. The van der Waals surface area contributed by atoms with Crippen molar-refractivity contribution in [2.45, 2.75) is 45.3 Å². The Hall–Kier alpha value is -2.02. The molecule has 7 nitrogen and oxygen atoms in total. The molecule has 0 saturated heterocycles. The van der Waals surface area contributed by atoms with E-state index in [4.69, 9.17) is 9.52 Å². The highest BCUT2D eigenvalue weighted by molar-refractivity contribution is 5.74. The van der Waals surface area contributed by atoms with E-state index in [1.165, 1.54) is 0 Å². The molecule has 0 atom stereocenters. The molecule has 1 heterocycles. The molecule has 1 aliphatic rings. The van der Waals surface area contributed by atoms with Crippen LogP contribution in [-0.4, -0.2) is 59.1 Å². The van der Waals surface area contributed by atoms with Crippen molar-refractivity contribution in [3.8, 4) is 0 Å². The van der Waals surface area contributed by atoms with Gasteiger partial charge in [0.2, 0.25) is 0 Å². The number of aryl methyl sites for hydroxylation is 1. The van der Waals surface area contributed by atoms with Crippen LogP contribution < -0.4 is 5.32 Å². The van der Waals surface area contributed by atoms with E-state index < -0.39 is 5.97 Å². The summed E-state index contributed by atoms with van der Waals surface area (Å²) in [6, 6.07) is 3.95.